The predicted molar refractivity (Wildman–Crippen MR) is 157 cm³/mol. The molecule has 0 atom stereocenters. The minimum atomic E-state index is -3.86. The van der Waals surface area contributed by atoms with E-state index < -0.39 is 21.8 Å². The maximum atomic E-state index is 12.8. The molecule has 0 unspecified atom stereocenters. The minimum absolute atomic E-state index is 0.0293. The molecule has 1 amide bonds. The van der Waals surface area contributed by atoms with Crippen molar-refractivity contribution in [3.8, 4) is 5.75 Å². The number of halogens is 2. The number of nitrogens with zero attached hydrogens (tertiary/aromatic N) is 1. The molecular formula is C29H37Cl2NO7S. The number of benzene rings is 2. The van der Waals surface area contributed by atoms with Gasteiger partial charge in [0.15, 0.2) is 5.78 Å². The zero-order valence-corrected chi connectivity index (χ0v) is 25.9. The van der Waals surface area contributed by atoms with Crippen LogP contribution in [-0.4, -0.2) is 57.1 Å². The standard InChI is InChI=1S/C29H37Cl2NO7S/c1-7-21(3)27(33)23-14-15-24(26(31)25(23)30)37-19-17-32(28(34)39-29(4,5)6)16-8-9-18-38-40(35,36)22-12-10-20(2)11-13-22/h10-15H,3,7-9,16-19H2,1-2,4-6H3. The van der Waals surface area contributed by atoms with Crippen molar-refractivity contribution in [3.05, 3.63) is 69.7 Å². The van der Waals surface area contributed by atoms with E-state index in [0.29, 0.717) is 24.8 Å². The molecule has 40 heavy (non-hydrogen) atoms. The molecular weight excluding hydrogens is 577 g/mol. The fourth-order valence-corrected chi connectivity index (χ4v) is 4.81. The average Bonchev–Trinajstić information content (AvgIpc) is 2.88. The molecule has 0 aliphatic carbocycles. The molecule has 0 N–H and O–H groups in total. The lowest BCUT2D eigenvalue weighted by Crippen LogP contribution is -2.39. The van der Waals surface area contributed by atoms with Gasteiger partial charge in [0.25, 0.3) is 10.1 Å². The molecule has 11 heteroatoms. The van der Waals surface area contributed by atoms with Crippen LogP contribution in [0.25, 0.3) is 0 Å². The smallest absolute Gasteiger partial charge is 0.410 e. The van der Waals surface area contributed by atoms with Crippen molar-refractivity contribution in [3.63, 3.8) is 0 Å². The number of ether oxygens (including phenoxy) is 2. The van der Waals surface area contributed by atoms with Crippen molar-refractivity contribution in [2.45, 2.75) is 64.4 Å². The second-order valence-corrected chi connectivity index (χ2v) is 12.5. The van der Waals surface area contributed by atoms with E-state index in [-0.39, 0.29) is 58.3 Å². The molecule has 0 spiro atoms. The van der Waals surface area contributed by atoms with Gasteiger partial charge in [0.1, 0.15) is 23.0 Å². The number of Topliss-reactive ketones (excluding diaryl/α,β-unsaturated/α-hetero) is 1. The summed E-state index contributed by atoms with van der Waals surface area (Å²) < 4.78 is 41.2. The van der Waals surface area contributed by atoms with Gasteiger partial charge in [-0.05, 0) is 76.8 Å². The van der Waals surface area contributed by atoms with Crippen molar-refractivity contribution in [1.82, 2.24) is 4.90 Å². The van der Waals surface area contributed by atoms with E-state index in [1.807, 2.05) is 13.8 Å². The minimum Gasteiger partial charge on any atom is -0.490 e. The first-order valence-corrected chi connectivity index (χ1v) is 15.1. The first-order valence-electron chi connectivity index (χ1n) is 12.9. The maximum absolute atomic E-state index is 12.8. The fraction of sp³-hybridized carbons (Fsp3) is 0.448. The summed E-state index contributed by atoms with van der Waals surface area (Å²) in [6.07, 6.45) is 0.811. The Morgan fingerprint density at radius 3 is 2.20 bits per heavy atom. The Morgan fingerprint density at radius 1 is 0.950 bits per heavy atom. The molecule has 0 aromatic heterocycles. The largest absolute Gasteiger partial charge is 0.490 e. The first-order chi connectivity index (χ1) is 18.7. The van der Waals surface area contributed by atoms with Gasteiger partial charge in [-0.3, -0.25) is 8.98 Å². The Kier molecular flexibility index (Phi) is 12.5. The molecule has 2 aromatic carbocycles. The third kappa shape index (κ3) is 10.1. The Morgan fingerprint density at radius 2 is 1.60 bits per heavy atom. The molecule has 0 aliphatic rings. The van der Waals surface area contributed by atoms with Gasteiger partial charge in [-0.1, -0.05) is 54.4 Å². The van der Waals surface area contributed by atoms with Gasteiger partial charge in [-0.15, -0.1) is 0 Å². The molecule has 0 saturated carbocycles. The molecule has 0 bridgehead atoms. The van der Waals surface area contributed by atoms with Crippen LogP contribution in [0.4, 0.5) is 4.79 Å². The first kappa shape index (κ1) is 33.6. The zero-order chi connectivity index (χ0) is 30.1. The fourth-order valence-electron chi connectivity index (χ4n) is 3.40. The normalized spacial score (nSPS) is 11.7. The second kappa shape index (κ2) is 14.9. The van der Waals surface area contributed by atoms with Crippen LogP contribution >= 0.6 is 23.2 Å². The zero-order valence-electron chi connectivity index (χ0n) is 23.6. The summed E-state index contributed by atoms with van der Waals surface area (Å²) in [5.74, 6) is -0.0168. The lowest BCUT2D eigenvalue weighted by atomic mass is 10.0. The van der Waals surface area contributed by atoms with E-state index >= 15 is 0 Å². The summed E-state index contributed by atoms with van der Waals surface area (Å²) in [7, 11) is -3.86. The SMILES string of the molecule is C=C(CC)C(=O)c1ccc(OCCN(CCCCOS(=O)(=O)c2ccc(C)cc2)C(=O)OC(C)(C)C)c(Cl)c1Cl. The van der Waals surface area contributed by atoms with E-state index in [4.69, 9.17) is 36.9 Å². The third-order valence-electron chi connectivity index (χ3n) is 5.68. The summed E-state index contributed by atoms with van der Waals surface area (Å²) in [5.41, 5.74) is 0.898. The van der Waals surface area contributed by atoms with Crippen LogP contribution in [0.2, 0.25) is 10.0 Å². The Balaban J connectivity index is 1.97. The van der Waals surface area contributed by atoms with Gasteiger partial charge in [-0.25, -0.2) is 4.79 Å². The quantitative estimate of drug-likeness (QED) is 0.0957. The highest BCUT2D eigenvalue weighted by Crippen LogP contribution is 2.35. The van der Waals surface area contributed by atoms with Crippen molar-refractivity contribution in [2.75, 3.05) is 26.3 Å². The van der Waals surface area contributed by atoms with Crippen molar-refractivity contribution >= 4 is 45.2 Å². The second-order valence-electron chi connectivity index (χ2n) is 10.1. The molecule has 2 aromatic rings. The van der Waals surface area contributed by atoms with Gasteiger partial charge in [0, 0.05) is 12.1 Å². The molecule has 0 radical (unpaired) electrons. The summed E-state index contributed by atoms with van der Waals surface area (Å²) in [6.45, 7) is 13.2. The van der Waals surface area contributed by atoms with Crippen LogP contribution in [0.1, 0.15) is 62.9 Å². The Labute approximate surface area is 247 Å². The molecule has 2 rings (SSSR count). The van der Waals surface area contributed by atoms with Crippen LogP contribution in [0.3, 0.4) is 0 Å². The lowest BCUT2D eigenvalue weighted by molar-refractivity contribution is 0.0221. The third-order valence-corrected chi connectivity index (χ3v) is 7.87. The Hall–Kier alpha value is -2.59. The van der Waals surface area contributed by atoms with Crippen LogP contribution in [0.5, 0.6) is 5.75 Å². The van der Waals surface area contributed by atoms with Crippen LogP contribution in [0, 0.1) is 6.92 Å². The summed E-state index contributed by atoms with van der Waals surface area (Å²) in [5, 5.41) is 0.163. The van der Waals surface area contributed by atoms with E-state index in [2.05, 4.69) is 6.58 Å². The average molecular weight is 615 g/mol. The van der Waals surface area contributed by atoms with E-state index in [0.717, 1.165) is 5.56 Å². The predicted octanol–water partition coefficient (Wildman–Crippen LogP) is 7.25. The number of rotatable bonds is 14. The van der Waals surface area contributed by atoms with E-state index in [1.54, 1.807) is 39.0 Å². The molecule has 8 nitrogen and oxygen atoms in total. The number of hydrogen-bond acceptors (Lipinski definition) is 7. The van der Waals surface area contributed by atoms with Gasteiger partial charge in [0.05, 0.1) is 23.1 Å². The number of unbranched alkanes of at least 4 members (excludes halogenated alkanes) is 1. The number of hydrogen-bond donors (Lipinski definition) is 0. The highest BCUT2D eigenvalue weighted by Gasteiger charge is 2.23. The van der Waals surface area contributed by atoms with E-state index in [1.165, 1.54) is 23.1 Å². The molecule has 220 valence electrons. The topological polar surface area (TPSA) is 99.2 Å². The number of aryl methyl sites for hydroxylation is 1. The molecule has 0 heterocycles. The van der Waals surface area contributed by atoms with Crippen LogP contribution in [-0.2, 0) is 19.0 Å². The monoisotopic (exact) mass is 613 g/mol. The van der Waals surface area contributed by atoms with Crippen molar-refractivity contribution in [2.24, 2.45) is 0 Å². The maximum Gasteiger partial charge on any atom is 0.410 e. The van der Waals surface area contributed by atoms with Gasteiger partial charge in [0.2, 0.25) is 0 Å². The number of amides is 1. The summed E-state index contributed by atoms with van der Waals surface area (Å²) in [6, 6.07) is 9.49. The van der Waals surface area contributed by atoms with Crippen LogP contribution < -0.4 is 4.74 Å². The highest BCUT2D eigenvalue weighted by atomic mass is 35.5. The van der Waals surface area contributed by atoms with Gasteiger partial charge < -0.3 is 14.4 Å². The number of carbonyl (C=O) groups excluding carboxylic acids is 2. The lowest BCUT2D eigenvalue weighted by Gasteiger charge is -2.27. The van der Waals surface area contributed by atoms with Gasteiger partial charge in [-0.2, -0.15) is 8.42 Å². The molecule has 0 fully saturated rings. The summed E-state index contributed by atoms with van der Waals surface area (Å²) in [4.78, 5) is 26.8. The van der Waals surface area contributed by atoms with Crippen molar-refractivity contribution in [1.29, 1.82) is 0 Å². The number of carbonyl (C=O) groups is 2. The summed E-state index contributed by atoms with van der Waals surface area (Å²) >= 11 is 12.7. The van der Waals surface area contributed by atoms with Crippen molar-refractivity contribution < 1.29 is 31.7 Å². The Bertz CT molecular complexity index is 1300. The van der Waals surface area contributed by atoms with Crippen LogP contribution in [0.15, 0.2) is 53.4 Å². The molecule has 0 aliphatic heterocycles. The number of allylic oxidation sites excluding steroid dienone is 1. The van der Waals surface area contributed by atoms with Gasteiger partial charge >= 0.3 is 6.09 Å². The molecule has 0 saturated heterocycles. The number of ketones is 1. The van der Waals surface area contributed by atoms with E-state index in [9.17, 15) is 18.0 Å². The highest BCUT2D eigenvalue weighted by molar-refractivity contribution is 7.86.